The van der Waals surface area contributed by atoms with E-state index < -0.39 is 0 Å². The first-order chi connectivity index (χ1) is 7.06. The molecular formula is C13H18O2. The van der Waals surface area contributed by atoms with E-state index in [1.807, 2.05) is 18.2 Å². The van der Waals surface area contributed by atoms with Crippen LogP contribution in [0.25, 0.3) is 0 Å². The van der Waals surface area contributed by atoms with E-state index >= 15 is 0 Å². The lowest BCUT2D eigenvalue weighted by atomic mass is 9.80. The summed E-state index contributed by atoms with van der Waals surface area (Å²) in [5, 5.41) is 0. The third kappa shape index (κ3) is 3.39. The Labute approximate surface area is 91.3 Å². The summed E-state index contributed by atoms with van der Waals surface area (Å²) in [4.78, 5) is 11.1. The smallest absolute Gasteiger partial charge is 0.305 e. The lowest BCUT2D eigenvalue weighted by Crippen LogP contribution is -2.19. The van der Waals surface area contributed by atoms with Crippen LogP contribution < -0.4 is 0 Å². The minimum absolute atomic E-state index is 0.0233. The molecule has 0 atom stereocenters. The van der Waals surface area contributed by atoms with Crippen LogP contribution in [-0.2, 0) is 14.9 Å². The minimum Gasteiger partial charge on any atom is -0.469 e. The van der Waals surface area contributed by atoms with Gasteiger partial charge in [-0.15, -0.1) is 0 Å². The highest BCUT2D eigenvalue weighted by atomic mass is 16.5. The van der Waals surface area contributed by atoms with E-state index in [-0.39, 0.29) is 11.4 Å². The molecule has 0 fully saturated rings. The van der Waals surface area contributed by atoms with Crippen LogP contribution >= 0.6 is 0 Å². The Morgan fingerprint density at radius 3 is 2.40 bits per heavy atom. The van der Waals surface area contributed by atoms with Gasteiger partial charge in [-0.3, -0.25) is 4.79 Å². The summed E-state index contributed by atoms with van der Waals surface area (Å²) < 4.78 is 4.64. The number of carbonyl (C=O) groups excluding carboxylic acids is 1. The zero-order chi connectivity index (χ0) is 11.3. The fourth-order valence-corrected chi connectivity index (χ4v) is 1.55. The number of rotatable bonds is 4. The van der Waals surface area contributed by atoms with E-state index in [2.05, 4.69) is 30.7 Å². The number of carbonyl (C=O) groups is 1. The van der Waals surface area contributed by atoms with Gasteiger partial charge in [-0.05, 0) is 17.4 Å². The molecule has 0 aliphatic carbocycles. The predicted molar refractivity (Wildman–Crippen MR) is 60.7 cm³/mol. The monoisotopic (exact) mass is 206 g/mol. The highest BCUT2D eigenvalue weighted by Crippen LogP contribution is 2.28. The Balaban J connectivity index is 2.63. The molecule has 0 radical (unpaired) electrons. The van der Waals surface area contributed by atoms with Crippen molar-refractivity contribution in [3.05, 3.63) is 35.9 Å². The van der Waals surface area contributed by atoms with Crippen molar-refractivity contribution in [2.45, 2.75) is 32.1 Å². The first-order valence-corrected chi connectivity index (χ1v) is 5.18. The van der Waals surface area contributed by atoms with Gasteiger partial charge in [-0.25, -0.2) is 0 Å². The summed E-state index contributed by atoms with van der Waals surface area (Å²) in [7, 11) is 1.43. The van der Waals surface area contributed by atoms with Crippen molar-refractivity contribution in [1.82, 2.24) is 0 Å². The fourth-order valence-electron chi connectivity index (χ4n) is 1.55. The van der Waals surface area contributed by atoms with Crippen molar-refractivity contribution in [1.29, 1.82) is 0 Å². The Bertz CT molecular complexity index is 315. The maximum Gasteiger partial charge on any atom is 0.305 e. The van der Waals surface area contributed by atoms with Gasteiger partial charge < -0.3 is 4.74 Å². The normalized spacial score (nSPS) is 11.1. The van der Waals surface area contributed by atoms with Gasteiger partial charge in [0.05, 0.1) is 7.11 Å². The lowest BCUT2D eigenvalue weighted by Gasteiger charge is -2.24. The van der Waals surface area contributed by atoms with Crippen molar-refractivity contribution in [3.63, 3.8) is 0 Å². The number of hydrogen-bond donors (Lipinski definition) is 0. The Kier molecular flexibility index (Phi) is 3.89. The van der Waals surface area contributed by atoms with E-state index in [0.717, 1.165) is 6.42 Å². The van der Waals surface area contributed by atoms with Crippen molar-refractivity contribution >= 4 is 5.97 Å². The maximum atomic E-state index is 11.1. The van der Waals surface area contributed by atoms with Crippen LogP contribution in [0.4, 0.5) is 0 Å². The van der Waals surface area contributed by atoms with Gasteiger partial charge in [-0.2, -0.15) is 0 Å². The van der Waals surface area contributed by atoms with Crippen molar-refractivity contribution in [2.24, 2.45) is 0 Å². The second-order valence-corrected chi connectivity index (χ2v) is 4.33. The molecule has 0 spiro atoms. The third-order valence-corrected chi connectivity index (χ3v) is 2.74. The lowest BCUT2D eigenvalue weighted by molar-refractivity contribution is -0.141. The maximum absolute atomic E-state index is 11.1. The topological polar surface area (TPSA) is 26.3 Å². The van der Waals surface area contributed by atoms with Gasteiger partial charge in [-0.1, -0.05) is 44.2 Å². The van der Waals surface area contributed by atoms with Gasteiger partial charge >= 0.3 is 5.97 Å². The van der Waals surface area contributed by atoms with E-state index in [9.17, 15) is 4.79 Å². The zero-order valence-corrected chi connectivity index (χ0v) is 9.62. The summed E-state index contributed by atoms with van der Waals surface area (Å²) in [5.41, 5.74) is 1.28. The predicted octanol–water partition coefficient (Wildman–Crippen LogP) is 2.92. The molecule has 2 nitrogen and oxygen atoms in total. The fraction of sp³-hybridized carbons (Fsp3) is 0.462. The van der Waals surface area contributed by atoms with Crippen LogP contribution in [0.2, 0.25) is 0 Å². The SMILES string of the molecule is COC(=O)CCC(C)(C)c1ccccc1. The number of methoxy groups -OCH3 is 1. The molecule has 1 aromatic carbocycles. The second kappa shape index (κ2) is 4.96. The van der Waals surface area contributed by atoms with Crippen LogP contribution in [0, 0.1) is 0 Å². The molecule has 0 aliphatic heterocycles. The van der Waals surface area contributed by atoms with Gasteiger partial charge in [0, 0.05) is 6.42 Å². The zero-order valence-electron chi connectivity index (χ0n) is 9.62. The summed E-state index contributed by atoms with van der Waals surface area (Å²) in [6.07, 6.45) is 1.28. The number of ether oxygens (including phenoxy) is 1. The second-order valence-electron chi connectivity index (χ2n) is 4.33. The summed E-state index contributed by atoms with van der Waals surface area (Å²) >= 11 is 0. The minimum atomic E-state index is -0.140. The number of hydrogen-bond acceptors (Lipinski definition) is 2. The number of esters is 1. The molecule has 0 bridgehead atoms. The Hall–Kier alpha value is -1.31. The summed E-state index contributed by atoms with van der Waals surface area (Å²) in [6.45, 7) is 4.29. The molecule has 0 unspecified atom stereocenters. The molecule has 0 aromatic heterocycles. The van der Waals surface area contributed by atoms with Gasteiger partial charge in [0.1, 0.15) is 0 Å². The quantitative estimate of drug-likeness (QED) is 0.708. The molecule has 0 N–H and O–H groups in total. The van der Waals surface area contributed by atoms with E-state index in [1.165, 1.54) is 12.7 Å². The van der Waals surface area contributed by atoms with Gasteiger partial charge in [0.2, 0.25) is 0 Å². The first-order valence-electron chi connectivity index (χ1n) is 5.18. The van der Waals surface area contributed by atoms with Crippen LogP contribution in [0.15, 0.2) is 30.3 Å². The third-order valence-electron chi connectivity index (χ3n) is 2.74. The molecule has 1 aromatic rings. The average molecular weight is 206 g/mol. The molecule has 0 heterocycles. The highest BCUT2D eigenvalue weighted by Gasteiger charge is 2.21. The molecule has 0 saturated carbocycles. The molecule has 0 saturated heterocycles. The van der Waals surface area contributed by atoms with Crippen molar-refractivity contribution < 1.29 is 9.53 Å². The standard InChI is InChI=1S/C13H18O2/c1-13(2,10-9-12(14)15-3)11-7-5-4-6-8-11/h4-8H,9-10H2,1-3H3. The molecule has 15 heavy (non-hydrogen) atoms. The molecule has 2 heteroatoms. The van der Waals surface area contributed by atoms with Crippen molar-refractivity contribution in [2.75, 3.05) is 7.11 Å². The van der Waals surface area contributed by atoms with E-state index in [1.54, 1.807) is 0 Å². The summed E-state index contributed by atoms with van der Waals surface area (Å²) in [5.74, 6) is -0.140. The van der Waals surface area contributed by atoms with Crippen LogP contribution in [-0.4, -0.2) is 13.1 Å². The molecule has 0 amide bonds. The molecule has 1 rings (SSSR count). The molecule has 0 aliphatic rings. The Morgan fingerprint density at radius 1 is 1.27 bits per heavy atom. The first kappa shape index (κ1) is 11.8. The van der Waals surface area contributed by atoms with Gasteiger partial charge in [0.15, 0.2) is 0 Å². The molecule has 82 valence electrons. The van der Waals surface area contributed by atoms with Crippen molar-refractivity contribution in [3.8, 4) is 0 Å². The Morgan fingerprint density at radius 2 is 1.87 bits per heavy atom. The highest BCUT2D eigenvalue weighted by molar-refractivity contribution is 5.69. The van der Waals surface area contributed by atoms with Crippen LogP contribution in [0.3, 0.4) is 0 Å². The average Bonchev–Trinajstić information content (AvgIpc) is 2.27. The summed E-state index contributed by atoms with van der Waals surface area (Å²) in [6, 6.07) is 10.2. The largest absolute Gasteiger partial charge is 0.469 e. The van der Waals surface area contributed by atoms with E-state index in [0.29, 0.717) is 6.42 Å². The van der Waals surface area contributed by atoms with Crippen LogP contribution in [0.5, 0.6) is 0 Å². The van der Waals surface area contributed by atoms with Crippen LogP contribution in [0.1, 0.15) is 32.3 Å². The van der Waals surface area contributed by atoms with E-state index in [4.69, 9.17) is 0 Å². The van der Waals surface area contributed by atoms with Gasteiger partial charge in [0.25, 0.3) is 0 Å². The molecular weight excluding hydrogens is 188 g/mol. The number of benzene rings is 1.